The number of benzene rings is 1. The van der Waals surface area contributed by atoms with Gasteiger partial charge in [0.2, 0.25) is 0 Å². The van der Waals surface area contributed by atoms with E-state index in [4.69, 9.17) is 22.1 Å². The van der Waals surface area contributed by atoms with Crippen molar-refractivity contribution in [1.29, 1.82) is 0 Å². The van der Waals surface area contributed by atoms with Gasteiger partial charge < -0.3 is 10.5 Å². The molecule has 2 aromatic rings. The Balaban J connectivity index is 1.99. The molecule has 2 N–H and O–H groups in total. The predicted octanol–water partition coefficient (Wildman–Crippen LogP) is 3.14. The largest absolute Gasteiger partial charge is 0.486 e. The van der Waals surface area contributed by atoms with E-state index in [9.17, 15) is 0 Å². The van der Waals surface area contributed by atoms with Crippen molar-refractivity contribution in [2.24, 2.45) is 5.73 Å². The molecule has 0 atom stereocenters. The minimum atomic E-state index is 0.464. The van der Waals surface area contributed by atoms with Crippen molar-refractivity contribution in [3.8, 4) is 5.75 Å². The van der Waals surface area contributed by atoms with Gasteiger partial charge in [-0.25, -0.2) is 4.98 Å². The van der Waals surface area contributed by atoms with E-state index in [2.05, 4.69) is 4.98 Å². The second-order valence-corrected chi connectivity index (χ2v) is 4.99. The number of ether oxygens (including phenoxy) is 1. The summed E-state index contributed by atoms with van der Waals surface area (Å²) in [6.45, 7) is 2.88. The Hall–Kier alpha value is -1.10. The Bertz CT molecular complexity index is 513. The highest BCUT2D eigenvalue weighted by Gasteiger charge is 2.03. The zero-order valence-corrected chi connectivity index (χ0v) is 11.0. The molecule has 5 heteroatoms. The Morgan fingerprint density at radius 1 is 1.47 bits per heavy atom. The van der Waals surface area contributed by atoms with Crippen molar-refractivity contribution < 1.29 is 4.74 Å². The van der Waals surface area contributed by atoms with Crippen LogP contribution in [0.4, 0.5) is 0 Å². The lowest BCUT2D eigenvalue weighted by Gasteiger charge is -2.05. The summed E-state index contributed by atoms with van der Waals surface area (Å²) in [5.41, 5.74) is 7.40. The maximum atomic E-state index is 5.94. The van der Waals surface area contributed by atoms with Gasteiger partial charge in [0.05, 0.1) is 5.69 Å². The summed E-state index contributed by atoms with van der Waals surface area (Å²) in [5, 5.41) is 3.63. The van der Waals surface area contributed by atoms with Gasteiger partial charge in [0.25, 0.3) is 0 Å². The van der Waals surface area contributed by atoms with Crippen LogP contribution in [0.5, 0.6) is 5.75 Å². The summed E-state index contributed by atoms with van der Waals surface area (Å²) in [6, 6.07) is 5.60. The molecule has 3 nitrogen and oxygen atoms in total. The van der Waals surface area contributed by atoms with Gasteiger partial charge in [-0.2, -0.15) is 0 Å². The molecule has 0 fully saturated rings. The van der Waals surface area contributed by atoms with Crippen LogP contribution < -0.4 is 10.5 Å². The fourth-order valence-corrected chi connectivity index (χ4v) is 2.20. The van der Waals surface area contributed by atoms with E-state index >= 15 is 0 Å². The normalized spacial score (nSPS) is 10.5. The molecule has 1 aromatic carbocycles. The standard InChI is InChI=1S/C12H13ClN2OS/c1-8-4-10(2-3-11(8)13)16-6-12-15-9(5-14)7-17-12/h2-4,7H,5-6,14H2,1H3. The highest BCUT2D eigenvalue weighted by molar-refractivity contribution is 7.09. The van der Waals surface area contributed by atoms with Gasteiger partial charge >= 0.3 is 0 Å². The number of aryl methyl sites for hydroxylation is 1. The maximum Gasteiger partial charge on any atom is 0.140 e. The van der Waals surface area contributed by atoms with Gasteiger partial charge in [-0.1, -0.05) is 11.6 Å². The van der Waals surface area contributed by atoms with E-state index in [1.165, 1.54) is 0 Å². The Kier molecular flexibility index (Phi) is 3.99. The van der Waals surface area contributed by atoms with Crippen LogP contribution in [0.15, 0.2) is 23.6 Å². The minimum absolute atomic E-state index is 0.464. The quantitative estimate of drug-likeness (QED) is 0.927. The second-order valence-electron chi connectivity index (χ2n) is 3.64. The Morgan fingerprint density at radius 3 is 2.94 bits per heavy atom. The molecule has 2 rings (SSSR count). The SMILES string of the molecule is Cc1cc(OCc2nc(CN)cs2)ccc1Cl. The van der Waals surface area contributed by atoms with Gasteiger partial charge in [-0.05, 0) is 30.7 Å². The smallest absolute Gasteiger partial charge is 0.140 e. The molecule has 90 valence electrons. The molecule has 0 aliphatic rings. The van der Waals surface area contributed by atoms with Crippen LogP contribution in [0.25, 0.3) is 0 Å². The number of halogens is 1. The average Bonchev–Trinajstić information content (AvgIpc) is 2.79. The number of hydrogen-bond acceptors (Lipinski definition) is 4. The third kappa shape index (κ3) is 3.19. The van der Waals surface area contributed by atoms with Gasteiger partial charge in [0.15, 0.2) is 0 Å². The summed E-state index contributed by atoms with van der Waals surface area (Å²) >= 11 is 7.50. The Morgan fingerprint density at radius 2 is 2.29 bits per heavy atom. The third-order valence-electron chi connectivity index (χ3n) is 2.30. The first-order valence-corrected chi connectivity index (χ1v) is 6.47. The van der Waals surface area contributed by atoms with E-state index in [-0.39, 0.29) is 0 Å². The van der Waals surface area contributed by atoms with E-state index in [1.54, 1.807) is 11.3 Å². The molecule has 0 radical (unpaired) electrons. The summed E-state index contributed by atoms with van der Waals surface area (Å²) in [6.07, 6.45) is 0. The Labute approximate surface area is 109 Å². The number of nitrogens with two attached hydrogens (primary N) is 1. The maximum absolute atomic E-state index is 5.94. The second kappa shape index (κ2) is 5.49. The van der Waals surface area contributed by atoms with Crippen LogP contribution in [0.3, 0.4) is 0 Å². The molecule has 0 saturated heterocycles. The zero-order chi connectivity index (χ0) is 12.3. The lowest BCUT2D eigenvalue weighted by molar-refractivity contribution is 0.305. The van der Waals surface area contributed by atoms with Crippen molar-refractivity contribution >= 4 is 22.9 Å². The monoisotopic (exact) mass is 268 g/mol. The van der Waals surface area contributed by atoms with E-state index in [1.807, 2.05) is 30.5 Å². The summed E-state index contributed by atoms with van der Waals surface area (Å²) in [4.78, 5) is 4.33. The van der Waals surface area contributed by atoms with E-state index < -0.39 is 0 Å². The van der Waals surface area contributed by atoms with E-state index in [0.29, 0.717) is 13.2 Å². The first kappa shape index (κ1) is 12.4. The molecule has 0 aliphatic heterocycles. The van der Waals surface area contributed by atoms with Crippen molar-refractivity contribution in [1.82, 2.24) is 4.98 Å². The fourth-order valence-electron chi connectivity index (χ4n) is 1.36. The summed E-state index contributed by atoms with van der Waals surface area (Å²) in [7, 11) is 0. The van der Waals surface area contributed by atoms with Crippen LogP contribution in [0, 0.1) is 6.92 Å². The summed E-state index contributed by atoms with van der Waals surface area (Å²) < 4.78 is 5.63. The van der Waals surface area contributed by atoms with Crippen LogP contribution in [-0.2, 0) is 13.2 Å². The molecule has 0 spiro atoms. The molecule has 0 unspecified atom stereocenters. The number of aromatic nitrogens is 1. The number of hydrogen-bond donors (Lipinski definition) is 1. The lowest BCUT2D eigenvalue weighted by Crippen LogP contribution is -1.99. The number of thiazole rings is 1. The topological polar surface area (TPSA) is 48.1 Å². The van der Waals surface area contributed by atoms with Gasteiger partial charge in [0, 0.05) is 16.9 Å². The molecule has 0 saturated carbocycles. The molecule has 0 bridgehead atoms. The summed E-state index contributed by atoms with van der Waals surface area (Å²) in [5.74, 6) is 0.802. The van der Waals surface area contributed by atoms with Crippen LogP contribution >= 0.6 is 22.9 Å². The highest BCUT2D eigenvalue weighted by Crippen LogP contribution is 2.22. The van der Waals surface area contributed by atoms with Crippen molar-refractivity contribution in [2.75, 3.05) is 0 Å². The van der Waals surface area contributed by atoms with Crippen molar-refractivity contribution in [2.45, 2.75) is 20.1 Å². The average molecular weight is 269 g/mol. The molecule has 0 amide bonds. The molecule has 1 heterocycles. The van der Waals surface area contributed by atoms with Crippen LogP contribution in [0.2, 0.25) is 5.02 Å². The van der Waals surface area contributed by atoms with Crippen LogP contribution in [-0.4, -0.2) is 4.98 Å². The van der Waals surface area contributed by atoms with Crippen molar-refractivity contribution in [3.05, 3.63) is 44.9 Å². The third-order valence-corrected chi connectivity index (χ3v) is 3.60. The van der Waals surface area contributed by atoms with Crippen molar-refractivity contribution in [3.63, 3.8) is 0 Å². The zero-order valence-electron chi connectivity index (χ0n) is 9.44. The van der Waals surface area contributed by atoms with Gasteiger partial charge in [-0.15, -0.1) is 11.3 Å². The predicted molar refractivity (Wildman–Crippen MR) is 70.5 cm³/mol. The fraction of sp³-hybridized carbons (Fsp3) is 0.250. The minimum Gasteiger partial charge on any atom is -0.486 e. The molecular formula is C12H13ClN2OS. The highest BCUT2D eigenvalue weighted by atomic mass is 35.5. The lowest BCUT2D eigenvalue weighted by atomic mass is 10.2. The van der Waals surface area contributed by atoms with Gasteiger partial charge in [-0.3, -0.25) is 0 Å². The van der Waals surface area contributed by atoms with Gasteiger partial charge in [0.1, 0.15) is 17.4 Å². The molecule has 0 aliphatic carbocycles. The number of rotatable bonds is 4. The number of nitrogens with zero attached hydrogens (tertiary/aromatic N) is 1. The first-order valence-electron chi connectivity index (χ1n) is 5.21. The molecule has 1 aromatic heterocycles. The van der Waals surface area contributed by atoms with Crippen LogP contribution in [0.1, 0.15) is 16.3 Å². The molecular weight excluding hydrogens is 256 g/mol. The first-order chi connectivity index (χ1) is 8.19. The molecule has 17 heavy (non-hydrogen) atoms. The van der Waals surface area contributed by atoms with E-state index in [0.717, 1.165) is 27.0 Å².